The van der Waals surface area contributed by atoms with Crippen molar-refractivity contribution >= 4 is 11.9 Å². The van der Waals surface area contributed by atoms with Gasteiger partial charge in [0.15, 0.2) is 0 Å². The van der Waals surface area contributed by atoms with Crippen LogP contribution >= 0.6 is 0 Å². The first-order chi connectivity index (χ1) is 30.0. The maximum Gasteiger partial charge on any atom is 0.305 e. The summed E-state index contributed by atoms with van der Waals surface area (Å²) in [6.07, 6.45) is 60.4. The minimum atomic E-state index is -0.859. The summed E-state index contributed by atoms with van der Waals surface area (Å²) in [6, 6.07) is -0.645. The molecule has 0 saturated carbocycles. The van der Waals surface area contributed by atoms with Crippen LogP contribution in [0.4, 0.5) is 0 Å². The molecule has 360 valence electrons. The molecule has 0 heterocycles. The lowest BCUT2D eigenvalue weighted by atomic mass is 10.0. The molecule has 0 rings (SSSR count). The number of aliphatic hydroxyl groups excluding tert-OH is 2. The first-order valence-electron chi connectivity index (χ1n) is 27.1. The molecule has 0 aliphatic heterocycles. The highest BCUT2D eigenvalue weighted by molar-refractivity contribution is 5.76. The summed E-state index contributed by atoms with van der Waals surface area (Å²) in [5.74, 6) is -0.113. The van der Waals surface area contributed by atoms with E-state index in [1.54, 1.807) is 6.08 Å². The second kappa shape index (κ2) is 51.0. The molecule has 0 spiro atoms. The van der Waals surface area contributed by atoms with Gasteiger partial charge in [-0.05, 0) is 64.2 Å². The van der Waals surface area contributed by atoms with Gasteiger partial charge in [0.25, 0.3) is 0 Å². The monoisotopic (exact) mass is 860 g/mol. The molecule has 0 saturated heterocycles. The fourth-order valence-corrected chi connectivity index (χ4v) is 8.27. The highest BCUT2D eigenvalue weighted by atomic mass is 16.5. The van der Waals surface area contributed by atoms with Crippen LogP contribution in [0.1, 0.15) is 290 Å². The number of nitrogens with one attached hydrogen (secondary N) is 1. The van der Waals surface area contributed by atoms with Crippen LogP contribution in [0.15, 0.2) is 24.3 Å². The first kappa shape index (κ1) is 59.3. The molecule has 6 nitrogen and oxygen atoms in total. The highest BCUT2D eigenvalue weighted by Crippen LogP contribution is 2.16. The minimum absolute atomic E-state index is 0.0202. The number of hydrogen-bond donors (Lipinski definition) is 3. The molecule has 3 N–H and O–H groups in total. The second-order valence-electron chi connectivity index (χ2n) is 18.6. The molecule has 0 fully saturated rings. The molecule has 61 heavy (non-hydrogen) atoms. The van der Waals surface area contributed by atoms with Gasteiger partial charge in [0.2, 0.25) is 5.91 Å². The zero-order valence-electron chi connectivity index (χ0n) is 40.9. The van der Waals surface area contributed by atoms with Crippen molar-refractivity contribution in [3.63, 3.8) is 0 Å². The van der Waals surface area contributed by atoms with E-state index in [2.05, 4.69) is 31.3 Å². The van der Waals surface area contributed by atoms with Crippen LogP contribution < -0.4 is 5.32 Å². The van der Waals surface area contributed by atoms with Crippen molar-refractivity contribution < 1.29 is 24.5 Å². The Morgan fingerprint density at radius 2 is 0.770 bits per heavy atom. The van der Waals surface area contributed by atoms with E-state index in [1.807, 2.05) is 6.08 Å². The largest absolute Gasteiger partial charge is 0.466 e. The Bertz CT molecular complexity index is 951. The van der Waals surface area contributed by atoms with Gasteiger partial charge in [0.05, 0.1) is 25.4 Å². The Balaban J connectivity index is 3.50. The van der Waals surface area contributed by atoms with Gasteiger partial charge in [0, 0.05) is 12.8 Å². The Morgan fingerprint density at radius 3 is 1.16 bits per heavy atom. The van der Waals surface area contributed by atoms with Gasteiger partial charge in [-0.2, -0.15) is 0 Å². The fraction of sp³-hybridized carbons (Fsp3) is 0.891. The third-order valence-electron chi connectivity index (χ3n) is 12.5. The number of rotatable bonds is 50. The third-order valence-corrected chi connectivity index (χ3v) is 12.5. The summed E-state index contributed by atoms with van der Waals surface area (Å²) >= 11 is 0. The number of ether oxygens (including phenoxy) is 1. The SMILES string of the molecule is CCCCCCCCCCCCCC/C=C/C(O)C(CO)NC(=O)CCCCCCC/C=C\CCCCCOC(=O)CCCCCCCCCCCCCCCCCCCC. The van der Waals surface area contributed by atoms with Crippen molar-refractivity contribution in [1.82, 2.24) is 5.32 Å². The van der Waals surface area contributed by atoms with Crippen LogP contribution in [0.25, 0.3) is 0 Å². The Kier molecular flexibility index (Phi) is 49.6. The van der Waals surface area contributed by atoms with Gasteiger partial charge in [-0.1, -0.05) is 237 Å². The van der Waals surface area contributed by atoms with Gasteiger partial charge >= 0.3 is 5.97 Å². The quantitative estimate of drug-likeness (QED) is 0.0322. The molecular weight excluding hydrogens is 755 g/mol. The van der Waals surface area contributed by atoms with E-state index in [4.69, 9.17) is 4.74 Å². The van der Waals surface area contributed by atoms with Gasteiger partial charge in [-0.15, -0.1) is 0 Å². The molecule has 0 aliphatic carbocycles. The minimum Gasteiger partial charge on any atom is -0.466 e. The van der Waals surface area contributed by atoms with E-state index in [0.717, 1.165) is 77.0 Å². The number of esters is 1. The van der Waals surface area contributed by atoms with E-state index in [0.29, 0.717) is 19.4 Å². The van der Waals surface area contributed by atoms with Crippen molar-refractivity contribution in [2.45, 2.75) is 302 Å². The van der Waals surface area contributed by atoms with Crippen molar-refractivity contribution in [3.05, 3.63) is 24.3 Å². The van der Waals surface area contributed by atoms with Gasteiger partial charge in [-0.3, -0.25) is 9.59 Å². The van der Waals surface area contributed by atoms with E-state index in [9.17, 15) is 19.8 Å². The fourth-order valence-electron chi connectivity index (χ4n) is 8.27. The third kappa shape index (κ3) is 47.7. The Hall–Kier alpha value is -1.66. The molecule has 0 aromatic rings. The Morgan fingerprint density at radius 1 is 0.443 bits per heavy atom. The topological polar surface area (TPSA) is 95.9 Å². The average molecular weight is 860 g/mol. The number of amides is 1. The molecule has 0 radical (unpaired) electrons. The molecule has 0 aromatic carbocycles. The average Bonchev–Trinajstić information content (AvgIpc) is 3.26. The lowest BCUT2D eigenvalue weighted by molar-refractivity contribution is -0.143. The Labute approximate surface area is 380 Å². The smallest absolute Gasteiger partial charge is 0.305 e. The van der Waals surface area contributed by atoms with Crippen molar-refractivity contribution in [2.24, 2.45) is 0 Å². The number of hydrogen-bond acceptors (Lipinski definition) is 5. The van der Waals surface area contributed by atoms with Gasteiger partial charge < -0.3 is 20.3 Å². The number of aliphatic hydroxyl groups is 2. The van der Waals surface area contributed by atoms with E-state index < -0.39 is 12.1 Å². The van der Waals surface area contributed by atoms with Crippen LogP contribution in [-0.2, 0) is 14.3 Å². The van der Waals surface area contributed by atoms with Crippen LogP contribution in [0, 0.1) is 0 Å². The van der Waals surface area contributed by atoms with Crippen LogP contribution in [0.2, 0.25) is 0 Å². The van der Waals surface area contributed by atoms with Crippen LogP contribution in [-0.4, -0.2) is 47.4 Å². The maximum absolute atomic E-state index is 12.4. The van der Waals surface area contributed by atoms with E-state index >= 15 is 0 Å². The molecule has 0 aromatic heterocycles. The molecule has 0 aliphatic rings. The van der Waals surface area contributed by atoms with Gasteiger partial charge in [0.1, 0.15) is 0 Å². The normalized spacial score (nSPS) is 12.8. The van der Waals surface area contributed by atoms with Crippen molar-refractivity contribution in [3.8, 4) is 0 Å². The predicted molar refractivity (Wildman–Crippen MR) is 264 cm³/mol. The summed E-state index contributed by atoms with van der Waals surface area (Å²) in [4.78, 5) is 24.5. The highest BCUT2D eigenvalue weighted by Gasteiger charge is 2.18. The molecule has 1 amide bonds. The zero-order chi connectivity index (χ0) is 44.4. The standard InChI is InChI=1S/C55H105NO5/c1-3-5-7-9-11-13-15-17-19-20-21-22-24-29-33-37-41-45-49-55(60)61-50-46-42-38-34-30-26-25-28-32-36-40-44-48-54(59)56-52(51-57)53(58)47-43-39-35-31-27-23-18-16-14-12-10-8-6-4-2/h26,30,43,47,52-53,57-58H,3-25,27-29,31-42,44-46,48-51H2,1-2H3,(H,56,59)/b30-26-,47-43+. The summed E-state index contributed by atoms with van der Waals surface area (Å²) < 4.78 is 5.46. The first-order valence-corrected chi connectivity index (χ1v) is 27.1. The second-order valence-corrected chi connectivity index (χ2v) is 18.6. The van der Waals surface area contributed by atoms with E-state index in [1.165, 1.54) is 186 Å². The number of allylic oxidation sites excluding steroid dienone is 3. The molecule has 2 unspecified atom stereocenters. The summed E-state index contributed by atoms with van der Waals surface area (Å²) in [5.41, 5.74) is 0. The maximum atomic E-state index is 12.4. The molecule has 6 heteroatoms. The van der Waals surface area contributed by atoms with E-state index in [-0.39, 0.29) is 18.5 Å². The van der Waals surface area contributed by atoms with Crippen LogP contribution in [0.3, 0.4) is 0 Å². The molecule has 2 atom stereocenters. The zero-order valence-corrected chi connectivity index (χ0v) is 40.9. The molecule has 0 bridgehead atoms. The van der Waals surface area contributed by atoms with Gasteiger partial charge in [-0.25, -0.2) is 0 Å². The number of carbonyl (C=O) groups is 2. The lowest BCUT2D eigenvalue weighted by Crippen LogP contribution is -2.45. The number of unbranched alkanes of at least 4 members (excludes halogenated alkanes) is 37. The summed E-state index contributed by atoms with van der Waals surface area (Å²) in [7, 11) is 0. The lowest BCUT2D eigenvalue weighted by Gasteiger charge is -2.20. The summed E-state index contributed by atoms with van der Waals surface area (Å²) in [5, 5.41) is 23.0. The van der Waals surface area contributed by atoms with Crippen molar-refractivity contribution in [1.29, 1.82) is 0 Å². The number of carbonyl (C=O) groups excluding carboxylic acids is 2. The predicted octanol–water partition coefficient (Wildman–Crippen LogP) is 16.3. The molecular formula is C55H105NO5. The van der Waals surface area contributed by atoms with Crippen LogP contribution in [0.5, 0.6) is 0 Å². The van der Waals surface area contributed by atoms with Crippen molar-refractivity contribution in [2.75, 3.05) is 13.2 Å². The summed E-state index contributed by atoms with van der Waals surface area (Å²) in [6.45, 7) is 4.85.